The Hall–Kier alpha value is -4.47. The molecule has 4 heterocycles. The zero-order chi connectivity index (χ0) is 25.9. The Kier molecular flexibility index (Phi) is 7.71. The van der Waals surface area contributed by atoms with Crippen molar-refractivity contribution in [3.8, 4) is 11.3 Å². The van der Waals surface area contributed by atoms with E-state index >= 15 is 0 Å². The van der Waals surface area contributed by atoms with E-state index in [2.05, 4.69) is 65.4 Å². The van der Waals surface area contributed by atoms with Gasteiger partial charge in [0.05, 0.1) is 5.58 Å². The Balaban J connectivity index is 0.000000187. The van der Waals surface area contributed by atoms with Crippen molar-refractivity contribution in [3.05, 3.63) is 133 Å². The largest absolute Gasteiger partial charge is 0.500 e. The molecule has 1 aliphatic heterocycles. The van der Waals surface area contributed by atoms with Crippen LogP contribution in [0.4, 0.5) is 11.4 Å². The van der Waals surface area contributed by atoms with Crippen molar-refractivity contribution in [2.75, 3.05) is 0 Å². The van der Waals surface area contributed by atoms with Crippen molar-refractivity contribution in [3.63, 3.8) is 0 Å². The molecule has 7 rings (SSSR count). The zero-order valence-corrected chi connectivity index (χ0v) is 23.8. The SMILES string of the molecule is Cc1ccc(-c2[c-]cccc2)nc1.Cc1ccc([N+]2=C=[N+](c3[c-]ccc4c3oc3ncccc34)C=C2)cc1.[Ir]. The molecule has 1 aliphatic rings. The van der Waals surface area contributed by atoms with Crippen molar-refractivity contribution in [1.82, 2.24) is 9.97 Å². The molecular weight excluding hydrogens is 661 g/mol. The average Bonchev–Trinajstić information content (AvgIpc) is 3.60. The number of aromatic nitrogens is 2. The van der Waals surface area contributed by atoms with Gasteiger partial charge in [-0.3, -0.25) is 0 Å². The van der Waals surface area contributed by atoms with Crippen LogP contribution in [0.2, 0.25) is 0 Å². The summed E-state index contributed by atoms with van der Waals surface area (Å²) in [6.07, 6.45) is 7.53. The van der Waals surface area contributed by atoms with Gasteiger partial charge in [0.15, 0.2) is 5.69 Å². The molecular formula is C33H24IrN4O. The maximum atomic E-state index is 5.98. The van der Waals surface area contributed by atoms with E-state index in [0.29, 0.717) is 5.71 Å². The van der Waals surface area contributed by atoms with Crippen LogP contribution < -0.4 is 0 Å². The number of hydrogen-bond donors (Lipinski definition) is 0. The first-order valence-electron chi connectivity index (χ1n) is 12.3. The third kappa shape index (κ3) is 5.55. The predicted octanol–water partition coefficient (Wildman–Crippen LogP) is 7.59. The first kappa shape index (κ1) is 26.1. The van der Waals surface area contributed by atoms with E-state index in [1.54, 1.807) is 6.20 Å². The van der Waals surface area contributed by atoms with Crippen LogP contribution in [0.15, 0.2) is 114 Å². The van der Waals surface area contributed by atoms with Crippen LogP contribution in [-0.2, 0) is 20.1 Å². The minimum atomic E-state index is 0. The van der Waals surface area contributed by atoms with Crippen molar-refractivity contribution in [2.24, 2.45) is 0 Å². The van der Waals surface area contributed by atoms with E-state index in [4.69, 9.17) is 4.42 Å². The summed E-state index contributed by atoms with van der Waals surface area (Å²) in [5.74, 6) is 0. The van der Waals surface area contributed by atoms with E-state index in [9.17, 15) is 0 Å². The van der Waals surface area contributed by atoms with Crippen LogP contribution in [0.1, 0.15) is 11.1 Å². The van der Waals surface area contributed by atoms with Gasteiger partial charge in [-0.05, 0) is 37.2 Å². The molecule has 0 amide bonds. The molecule has 0 bridgehead atoms. The fraction of sp³-hybridized carbons (Fsp3) is 0.0606. The standard InChI is InChI=1S/C21H14N3O.C12H10N.Ir/c1-15-7-9-16(10-8-15)23-12-13-24(14-23)19-6-2-4-17-18-5-3-11-22-21(18)25-20(17)19;1-10-7-8-12(13-9-10)11-5-3-2-4-6-11;/h2-5,7-13H,1H3;2-5,7-9H,1H3;/q+1;-1;. The number of rotatable bonds is 3. The number of fused-ring (bicyclic) bond motifs is 3. The third-order valence-corrected chi connectivity index (χ3v) is 6.22. The summed E-state index contributed by atoms with van der Waals surface area (Å²) in [5.41, 5.74) is 7.71. The van der Waals surface area contributed by atoms with E-state index in [1.165, 1.54) is 11.1 Å². The molecule has 0 fully saturated rings. The second-order valence-corrected chi connectivity index (χ2v) is 9.00. The summed E-state index contributed by atoms with van der Waals surface area (Å²) in [5, 5.41) is 2.03. The van der Waals surface area contributed by atoms with Gasteiger partial charge in [-0.2, -0.15) is 12.1 Å². The van der Waals surface area contributed by atoms with Gasteiger partial charge in [0.1, 0.15) is 0 Å². The van der Waals surface area contributed by atoms with Crippen molar-refractivity contribution >= 4 is 39.5 Å². The quantitative estimate of drug-likeness (QED) is 0.143. The van der Waals surface area contributed by atoms with Crippen LogP contribution in [0, 0.1) is 26.0 Å². The van der Waals surface area contributed by atoms with Crippen LogP contribution in [0.3, 0.4) is 0 Å². The van der Waals surface area contributed by atoms with Gasteiger partial charge >= 0.3 is 6.01 Å². The fourth-order valence-electron chi connectivity index (χ4n) is 4.21. The molecule has 191 valence electrons. The second kappa shape index (κ2) is 11.5. The number of aryl methyl sites for hydroxylation is 2. The van der Waals surface area contributed by atoms with Gasteiger partial charge in [-0.25, -0.2) is 4.98 Å². The van der Waals surface area contributed by atoms with E-state index in [1.807, 2.05) is 89.3 Å². The van der Waals surface area contributed by atoms with Crippen LogP contribution in [0.5, 0.6) is 0 Å². The number of furan rings is 1. The first-order valence-corrected chi connectivity index (χ1v) is 12.3. The maximum absolute atomic E-state index is 5.98. The summed E-state index contributed by atoms with van der Waals surface area (Å²) in [7, 11) is 0. The van der Waals surface area contributed by atoms with Crippen LogP contribution >= 0.6 is 0 Å². The molecule has 0 saturated carbocycles. The molecule has 6 aromatic rings. The van der Waals surface area contributed by atoms with E-state index in [0.717, 1.165) is 39.0 Å². The molecule has 39 heavy (non-hydrogen) atoms. The normalized spacial score (nSPS) is 11.9. The molecule has 0 aliphatic carbocycles. The summed E-state index contributed by atoms with van der Waals surface area (Å²) >= 11 is 0. The van der Waals surface area contributed by atoms with Gasteiger partial charge < -0.3 is 9.40 Å². The fourth-order valence-corrected chi connectivity index (χ4v) is 4.21. The predicted molar refractivity (Wildman–Crippen MR) is 149 cm³/mol. The van der Waals surface area contributed by atoms with Crippen LogP contribution in [0.25, 0.3) is 33.3 Å². The topological polar surface area (TPSA) is 44.9 Å². The van der Waals surface area contributed by atoms with Gasteiger partial charge in [0.2, 0.25) is 11.4 Å². The summed E-state index contributed by atoms with van der Waals surface area (Å²) in [6, 6.07) is 37.8. The van der Waals surface area contributed by atoms with E-state index < -0.39 is 0 Å². The molecule has 0 unspecified atom stereocenters. The van der Waals surface area contributed by atoms with Crippen molar-refractivity contribution < 1.29 is 33.7 Å². The first-order chi connectivity index (χ1) is 18.7. The van der Waals surface area contributed by atoms with Crippen molar-refractivity contribution in [1.29, 1.82) is 0 Å². The maximum Gasteiger partial charge on any atom is 0.500 e. The molecule has 3 aromatic carbocycles. The Labute approximate surface area is 240 Å². The second-order valence-electron chi connectivity index (χ2n) is 9.00. The van der Waals surface area contributed by atoms with Crippen molar-refractivity contribution in [2.45, 2.75) is 13.8 Å². The Morgan fingerprint density at radius 2 is 1.56 bits per heavy atom. The van der Waals surface area contributed by atoms with Gasteiger partial charge in [-0.1, -0.05) is 44.4 Å². The minimum Gasteiger partial charge on any atom is -0.495 e. The number of pyridine rings is 2. The summed E-state index contributed by atoms with van der Waals surface area (Å²) < 4.78 is 9.82. The molecule has 6 heteroatoms. The minimum absolute atomic E-state index is 0. The Bertz CT molecular complexity index is 1850. The zero-order valence-electron chi connectivity index (χ0n) is 21.4. The average molecular weight is 685 g/mol. The summed E-state index contributed by atoms with van der Waals surface area (Å²) in [4.78, 5) is 8.63. The molecule has 0 N–H and O–H groups in total. The van der Waals surface area contributed by atoms with Gasteiger partial charge in [0.25, 0.3) is 12.4 Å². The Morgan fingerprint density at radius 3 is 2.33 bits per heavy atom. The van der Waals surface area contributed by atoms with Gasteiger partial charge in [-0.15, -0.1) is 42.0 Å². The molecule has 0 saturated heterocycles. The molecule has 3 aromatic heterocycles. The van der Waals surface area contributed by atoms with Crippen LogP contribution in [-0.4, -0.2) is 25.1 Å². The van der Waals surface area contributed by atoms with E-state index in [-0.39, 0.29) is 20.1 Å². The number of nitrogens with zero attached hydrogens (tertiary/aromatic N) is 4. The number of benzene rings is 3. The smallest absolute Gasteiger partial charge is 0.495 e. The van der Waals surface area contributed by atoms with Gasteiger partial charge in [0, 0.05) is 50.0 Å². The number of hydrogen-bond acceptors (Lipinski definition) is 3. The molecule has 0 atom stereocenters. The summed E-state index contributed by atoms with van der Waals surface area (Å²) in [6.45, 7) is 4.11. The third-order valence-electron chi connectivity index (χ3n) is 6.22. The molecule has 5 nitrogen and oxygen atoms in total. The Morgan fingerprint density at radius 1 is 0.744 bits per heavy atom. The molecule has 0 spiro atoms. The molecule has 1 radical (unpaired) electrons. The monoisotopic (exact) mass is 685 g/mol.